The lowest BCUT2D eigenvalue weighted by molar-refractivity contribution is 0.0440. The van der Waals surface area contributed by atoms with Gasteiger partial charge in [-0.25, -0.2) is 0 Å². The van der Waals surface area contributed by atoms with Gasteiger partial charge in [0.15, 0.2) is 0 Å². The lowest BCUT2D eigenvalue weighted by Gasteiger charge is -2.37. The maximum atomic E-state index is 6.38. The Balaban J connectivity index is 1.79. The highest BCUT2D eigenvalue weighted by molar-refractivity contribution is 5.61. The molecule has 3 rings (SSSR count). The lowest BCUT2D eigenvalue weighted by atomic mass is 9.73. The van der Waals surface area contributed by atoms with Crippen LogP contribution >= 0.6 is 0 Å². The zero-order valence-electron chi connectivity index (χ0n) is 14.5. The van der Waals surface area contributed by atoms with Crippen molar-refractivity contribution in [2.75, 3.05) is 7.11 Å². The molecule has 0 radical (unpaired) electrons. The van der Waals surface area contributed by atoms with Gasteiger partial charge < -0.3 is 10.5 Å². The maximum Gasteiger partial charge on any atom is 0.0852 e. The van der Waals surface area contributed by atoms with E-state index in [0.29, 0.717) is 5.92 Å². The van der Waals surface area contributed by atoms with Crippen molar-refractivity contribution in [2.24, 2.45) is 11.7 Å². The van der Waals surface area contributed by atoms with Crippen molar-refractivity contribution in [3.8, 4) is 0 Å². The van der Waals surface area contributed by atoms with Gasteiger partial charge in [0.05, 0.1) is 6.10 Å². The smallest absolute Gasteiger partial charge is 0.0852 e. The summed E-state index contributed by atoms with van der Waals surface area (Å²) in [7, 11) is 1.84. The Labute approximate surface area is 140 Å². The summed E-state index contributed by atoms with van der Waals surface area (Å²) >= 11 is 0. The highest BCUT2D eigenvalue weighted by atomic mass is 16.5. The first-order valence-corrected chi connectivity index (χ1v) is 8.85. The third kappa shape index (κ3) is 3.44. The summed E-state index contributed by atoms with van der Waals surface area (Å²) in [6.07, 6.45) is 7.37. The Hall–Kier alpha value is -1.38. The van der Waals surface area contributed by atoms with E-state index >= 15 is 0 Å². The molecule has 23 heavy (non-hydrogen) atoms. The number of hydrogen-bond acceptors (Lipinski definition) is 2. The Bertz CT molecular complexity index is 599. The quantitative estimate of drug-likeness (QED) is 0.793. The number of nitrogens with two attached hydrogens (primary N) is 1. The zero-order valence-corrected chi connectivity index (χ0v) is 14.5. The standard InChI is InChI=1S/C21H29NO/c1-14(2)15-7-10-17(11-8-15)21(23-3)18-12-9-16-5-4-6-20(22)19(16)13-18/h7-8,10-11,18,20-21H,1,4-6,9,12-13,22H2,2-3H3. The lowest BCUT2D eigenvalue weighted by Crippen LogP contribution is -2.32. The molecule has 0 saturated heterocycles. The summed E-state index contributed by atoms with van der Waals surface area (Å²) in [6, 6.07) is 8.99. The van der Waals surface area contributed by atoms with Crippen molar-refractivity contribution in [1.82, 2.24) is 0 Å². The van der Waals surface area contributed by atoms with Gasteiger partial charge in [-0.05, 0) is 62.5 Å². The number of benzene rings is 1. The van der Waals surface area contributed by atoms with Gasteiger partial charge >= 0.3 is 0 Å². The van der Waals surface area contributed by atoms with Crippen LogP contribution in [0.1, 0.15) is 62.7 Å². The molecule has 0 bridgehead atoms. The Morgan fingerprint density at radius 1 is 1.22 bits per heavy atom. The molecule has 124 valence electrons. The second-order valence-electron chi connectivity index (χ2n) is 7.19. The van der Waals surface area contributed by atoms with Crippen LogP contribution in [0, 0.1) is 5.92 Å². The molecule has 2 N–H and O–H groups in total. The van der Waals surface area contributed by atoms with E-state index < -0.39 is 0 Å². The van der Waals surface area contributed by atoms with E-state index in [-0.39, 0.29) is 12.1 Å². The highest BCUT2D eigenvalue weighted by Crippen LogP contribution is 2.43. The monoisotopic (exact) mass is 311 g/mol. The molecular weight excluding hydrogens is 282 g/mol. The van der Waals surface area contributed by atoms with Gasteiger partial charge in [0, 0.05) is 13.2 Å². The number of hydrogen-bond donors (Lipinski definition) is 1. The van der Waals surface area contributed by atoms with Gasteiger partial charge in [0.2, 0.25) is 0 Å². The second kappa shape index (κ2) is 7.02. The van der Waals surface area contributed by atoms with E-state index in [1.54, 1.807) is 5.57 Å². The van der Waals surface area contributed by atoms with Gasteiger partial charge in [-0.3, -0.25) is 0 Å². The molecule has 3 atom stereocenters. The van der Waals surface area contributed by atoms with E-state index in [4.69, 9.17) is 10.5 Å². The predicted molar refractivity (Wildman–Crippen MR) is 97.1 cm³/mol. The average Bonchev–Trinajstić information content (AvgIpc) is 2.57. The van der Waals surface area contributed by atoms with Crippen LogP contribution in [0.5, 0.6) is 0 Å². The molecule has 0 spiro atoms. The Morgan fingerprint density at radius 2 is 1.96 bits per heavy atom. The van der Waals surface area contributed by atoms with E-state index in [0.717, 1.165) is 18.4 Å². The molecule has 1 aromatic rings. The summed E-state index contributed by atoms with van der Waals surface area (Å²) in [4.78, 5) is 0. The van der Waals surface area contributed by atoms with Crippen LogP contribution in [-0.4, -0.2) is 13.2 Å². The predicted octanol–water partition coefficient (Wildman–Crippen LogP) is 5.02. The number of ether oxygens (including phenoxy) is 1. The van der Waals surface area contributed by atoms with Crippen molar-refractivity contribution < 1.29 is 4.74 Å². The van der Waals surface area contributed by atoms with Gasteiger partial charge in [-0.2, -0.15) is 0 Å². The third-order valence-corrected chi connectivity index (χ3v) is 5.61. The van der Waals surface area contributed by atoms with Gasteiger partial charge in [-0.1, -0.05) is 47.6 Å². The van der Waals surface area contributed by atoms with Crippen LogP contribution in [0.3, 0.4) is 0 Å². The van der Waals surface area contributed by atoms with Gasteiger partial charge in [0.25, 0.3) is 0 Å². The Kier molecular flexibility index (Phi) is 5.03. The van der Waals surface area contributed by atoms with Crippen LogP contribution in [-0.2, 0) is 4.74 Å². The summed E-state index contributed by atoms with van der Waals surface area (Å²) in [6.45, 7) is 6.06. The van der Waals surface area contributed by atoms with E-state index in [1.807, 2.05) is 14.0 Å². The summed E-state index contributed by atoms with van der Waals surface area (Å²) in [5.41, 5.74) is 13.1. The van der Waals surface area contributed by atoms with Gasteiger partial charge in [-0.15, -0.1) is 0 Å². The fourth-order valence-corrected chi connectivity index (χ4v) is 4.27. The van der Waals surface area contributed by atoms with Crippen LogP contribution in [0.25, 0.3) is 5.57 Å². The fourth-order valence-electron chi connectivity index (χ4n) is 4.27. The van der Waals surface area contributed by atoms with Gasteiger partial charge in [0.1, 0.15) is 0 Å². The molecule has 0 fully saturated rings. The number of rotatable bonds is 4. The average molecular weight is 311 g/mol. The minimum absolute atomic E-state index is 0.164. The van der Waals surface area contributed by atoms with Crippen molar-refractivity contribution in [3.63, 3.8) is 0 Å². The minimum Gasteiger partial charge on any atom is -0.376 e. The van der Waals surface area contributed by atoms with E-state index in [2.05, 4.69) is 30.8 Å². The molecule has 3 unspecified atom stereocenters. The van der Waals surface area contributed by atoms with E-state index in [1.165, 1.54) is 42.4 Å². The SMILES string of the molecule is C=C(C)c1ccc(C(OC)C2CCC3=C(C2)C(N)CCC3)cc1. The molecule has 0 heterocycles. The second-order valence-corrected chi connectivity index (χ2v) is 7.19. The summed E-state index contributed by atoms with van der Waals surface area (Å²) in [5.74, 6) is 0.540. The molecule has 1 aromatic carbocycles. The first kappa shape index (κ1) is 16.5. The first-order valence-electron chi connectivity index (χ1n) is 8.85. The number of methoxy groups -OCH3 is 1. The summed E-state index contributed by atoms with van der Waals surface area (Å²) in [5, 5.41) is 0. The molecule has 0 aromatic heterocycles. The largest absolute Gasteiger partial charge is 0.376 e. The molecular formula is C21H29NO. The maximum absolute atomic E-state index is 6.38. The minimum atomic E-state index is 0.164. The van der Waals surface area contributed by atoms with Crippen molar-refractivity contribution in [1.29, 1.82) is 0 Å². The first-order chi connectivity index (χ1) is 11.1. The number of allylic oxidation sites excluding steroid dienone is 2. The van der Waals surface area contributed by atoms with Crippen LogP contribution in [0.15, 0.2) is 42.0 Å². The van der Waals surface area contributed by atoms with Crippen molar-refractivity contribution in [3.05, 3.63) is 53.1 Å². The molecule has 2 nitrogen and oxygen atoms in total. The molecule has 0 saturated carbocycles. The third-order valence-electron chi connectivity index (χ3n) is 5.61. The van der Waals surface area contributed by atoms with Crippen LogP contribution in [0.2, 0.25) is 0 Å². The topological polar surface area (TPSA) is 35.2 Å². The zero-order chi connectivity index (χ0) is 16.4. The molecule has 0 aliphatic heterocycles. The van der Waals surface area contributed by atoms with E-state index in [9.17, 15) is 0 Å². The molecule has 2 heteroatoms. The fraction of sp³-hybridized carbons (Fsp3) is 0.524. The summed E-state index contributed by atoms with van der Waals surface area (Å²) < 4.78 is 5.91. The highest BCUT2D eigenvalue weighted by Gasteiger charge is 2.32. The van der Waals surface area contributed by atoms with Crippen LogP contribution < -0.4 is 5.73 Å². The molecule has 2 aliphatic carbocycles. The normalized spacial score (nSPS) is 25.9. The molecule has 0 amide bonds. The Morgan fingerprint density at radius 3 is 2.61 bits per heavy atom. The van der Waals surface area contributed by atoms with Crippen LogP contribution in [0.4, 0.5) is 0 Å². The van der Waals surface area contributed by atoms with Crippen molar-refractivity contribution >= 4 is 5.57 Å². The van der Waals surface area contributed by atoms with Crippen molar-refractivity contribution in [2.45, 2.75) is 57.6 Å². The molecule has 2 aliphatic rings.